The number of hydrogen-bond donors (Lipinski definition) is 2. The maximum absolute atomic E-state index is 12.9. The zero-order valence-electron chi connectivity index (χ0n) is 19.2. The van der Waals surface area contributed by atoms with Crippen LogP contribution in [0, 0.1) is 0 Å². The molecule has 0 aliphatic heterocycles. The summed E-state index contributed by atoms with van der Waals surface area (Å²) >= 11 is 1.60. The highest BCUT2D eigenvalue weighted by atomic mass is 32.1. The molecule has 3 rings (SSSR count). The topological polar surface area (TPSA) is 96.3 Å². The molecule has 0 atom stereocenters. The Hall–Kier alpha value is -2.26. The average Bonchev–Trinajstić information content (AvgIpc) is 3.17. The number of thiophene rings is 1. The lowest BCUT2D eigenvalue weighted by molar-refractivity contribution is -0.122. The standard InChI is InChI=1S/C23H35N5O3S/c1-3-5-13-27(4-2)14-12-25-19(29)10-11-24-20(30)15-28-16-26-22-21(23(28)31)17-8-6-7-9-18(17)32-22/h16H,3-15H2,1-2H3,(H,24,30)(H,25,29). The summed E-state index contributed by atoms with van der Waals surface area (Å²) in [6, 6.07) is 0. The Morgan fingerprint density at radius 1 is 1.12 bits per heavy atom. The highest BCUT2D eigenvalue weighted by Gasteiger charge is 2.20. The first-order chi connectivity index (χ1) is 15.5. The van der Waals surface area contributed by atoms with Crippen LogP contribution in [0.25, 0.3) is 10.2 Å². The van der Waals surface area contributed by atoms with E-state index in [-0.39, 0.29) is 36.9 Å². The van der Waals surface area contributed by atoms with Gasteiger partial charge in [0.1, 0.15) is 11.4 Å². The number of nitrogens with one attached hydrogen (secondary N) is 2. The second-order valence-corrected chi connectivity index (χ2v) is 9.39. The van der Waals surface area contributed by atoms with Crippen molar-refractivity contribution in [1.82, 2.24) is 25.1 Å². The van der Waals surface area contributed by atoms with Crippen LogP contribution < -0.4 is 16.2 Å². The smallest absolute Gasteiger partial charge is 0.262 e. The van der Waals surface area contributed by atoms with Crippen molar-refractivity contribution in [2.24, 2.45) is 0 Å². The summed E-state index contributed by atoms with van der Waals surface area (Å²) in [5.41, 5.74) is 0.974. The molecule has 1 aliphatic rings. The van der Waals surface area contributed by atoms with Crippen LogP contribution >= 0.6 is 11.3 Å². The van der Waals surface area contributed by atoms with E-state index in [9.17, 15) is 14.4 Å². The van der Waals surface area contributed by atoms with Gasteiger partial charge < -0.3 is 15.5 Å². The second kappa shape index (κ2) is 12.1. The molecule has 0 radical (unpaired) electrons. The number of amides is 2. The number of unbranched alkanes of at least 4 members (excludes halogenated alkanes) is 1. The number of fused-ring (bicyclic) bond motifs is 3. The minimum absolute atomic E-state index is 0.0815. The summed E-state index contributed by atoms with van der Waals surface area (Å²) in [6.45, 7) is 7.92. The van der Waals surface area contributed by atoms with Gasteiger partial charge in [-0.3, -0.25) is 19.0 Å². The molecule has 1 aliphatic carbocycles. The van der Waals surface area contributed by atoms with Crippen molar-refractivity contribution < 1.29 is 9.59 Å². The van der Waals surface area contributed by atoms with Crippen LogP contribution in [0.5, 0.6) is 0 Å². The van der Waals surface area contributed by atoms with Crippen LogP contribution in [0.1, 0.15) is 56.4 Å². The van der Waals surface area contributed by atoms with Gasteiger partial charge in [-0.25, -0.2) is 4.98 Å². The second-order valence-electron chi connectivity index (χ2n) is 8.31. The number of rotatable bonds is 12. The van der Waals surface area contributed by atoms with Gasteiger partial charge in [-0.05, 0) is 50.8 Å². The van der Waals surface area contributed by atoms with Gasteiger partial charge in [0.2, 0.25) is 11.8 Å². The van der Waals surface area contributed by atoms with Crippen molar-refractivity contribution in [2.75, 3.05) is 32.7 Å². The Labute approximate surface area is 193 Å². The van der Waals surface area contributed by atoms with Crippen LogP contribution in [0.15, 0.2) is 11.1 Å². The fraction of sp³-hybridized carbons (Fsp3) is 0.652. The number of carbonyl (C=O) groups excluding carboxylic acids is 2. The van der Waals surface area contributed by atoms with Gasteiger partial charge in [-0.1, -0.05) is 20.3 Å². The van der Waals surface area contributed by atoms with Crippen LogP contribution in [-0.2, 0) is 29.0 Å². The molecular weight excluding hydrogens is 426 g/mol. The van der Waals surface area contributed by atoms with E-state index in [1.807, 2.05) is 0 Å². The first-order valence-corrected chi connectivity index (χ1v) is 12.6. The molecule has 0 fully saturated rings. The zero-order chi connectivity index (χ0) is 22.9. The number of hydrogen-bond acceptors (Lipinski definition) is 6. The van der Waals surface area contributed by atoms with Crippen molar-refractivity contribution in [3.8, 4) is 0 Å². The maximum atomic E-state index is 12.9. The van der Waals surface area contributed by atoms with Gasteiger partial charge in [0.15, 0.2) is 0 Å². The molecule has 9 heteroatoms. The molecule has 8 nitrogen and oxygen atoms in total. The van der Waals surface area contributed by atoms with E-state index in [0.717, 1.165) is 68.6 Å². The maximum Gasteiger partial charge on any atom is 0.262 e. The van der Waals surface area contributed by atoms with E-state index in [1.54, 1.807) is 11.3 Å². The molecule has 0 saturated carbocycles. The van der Waals surface area contributed by atoms with Gasteiger partial charge in [-0.15, -0.1) is 11.3 Å². The molecule has 32 heavy (non-hydrogen) atoms. The van der Waals surface area contributed by atoms with Crippen LogP contribution in [-0.4, -0.2) is 59.0 Å². The predicted octanol–water partition coefficient (Wildman–Crippen LogP) is 2.08. The molecular formula is C23H35N5O3S. The van der Waals surface area contributed by atoms with Crippen molar-refractivity contribution in [1.29, 1.82) is 0 Å². The lowest BCUT2D eigenvalue weighted by Crippen LogP contribution is -2.37. The van der Waals surface area contributed by atoms with E-state index < -0.39 is 0 Å². The third-order valence-electron chi connectivity index (χ3n) is 5.96. The van der Waals surface area contributed by atoms with Gasteiger partial charge in [0, 0.05) is 30.9 Å². The summed E-state index contributed by atoms with van der Waals surface area (Å²) in [6.07, 6.45) is 8.15. The fourth-order valence-electron chi connectivity index (χ4n) is 4.07. The van der Waals surface area contributed by atoms with E-state index >= 15 is 0 Å². The Balaban J connectivity index is 1.43. The van der Waals surface area contributed by atoms with Crippen LogP contribution in [0.2, 0.25) is 0 Å². The molecule has 0 bridgehead atoms. The highest BCUT2D eigenvalue weighted by molar-refractivity contribution is 7.18. The fourth-order valence-corrected chi connectivity index (χ4v) is 5.29. The monoisotopic (exact) mass is 461 g/mol. The van der Waals surface area contributed by atoms with Crippen LogP contribution in [0.3, 0.4) is 0 Å². The molecule has 2 N–H and O–H groups in total. The zero-order valence-corrected chi connectivity index (χ0v) is 20.1. The summed E-state index contributed by atoms with van der Waals surface area (Å²) in [7, 11) is 0. The SMILES string of the molecule is CCCCN(CC)CCNC(=O)CCNC(=O)Cn1cnc2sc3c(c2c1=O)CCCC3. The quantitative estimate of drug-likeness (QED) is 0.505. The minimum atomic E-state index is -0.290. The molecule has 2 heterocycles. The molecule has 2 aromatic rings. The summed E-state index contributed by atoms with van der Waals surface area (Å²) in [4.78, 5) is 46.0. The third-order valence-corrected chi connectivity index (χ3v) is 7.16. The molecule has 176 valence electrons. The van der Waals surface area contributed by atoms with Gasteiger partial charge in [0.05, 0.1) is 11.7 Å². The van der Waals surface area contributed by atoms with Crippen molar-refractivity contribution >= 4 is 33.4 Å². The summed E-state index contributed by atoms with van der Waals surface area (Å²) in [5, 5.41) is 6.32. The molecule has 2 aromatic heterocycles. The number of aryl methyl sites for hydroxylation is 2. The molecule has 0 saturated heterocycles. The van der Waals surface area contributed by atoms with Gasteiger partial charge in [0.25, 0.3) is 5.56 Å². The van der Waals surface area contributed by atoms with Gasteiger partial charge in [-0.2, -0.15) is 0 Å². The Bertz CT molecular complexity index is 984. The Kier molecular flexibility index (Phi) is 9.23. The van der Waals surface area contributed by atoms with Crippen molar-refractivity contribution in [2.45, 2.75) is 65.3 Å². The van der Waals surface area contributed by atoms with Crippen molar-refractivity contribution in [3.05, 3.63) is 27.1 Å². The Morgan fingerprint density at radius 3 is 2.69 bits per heavy atom. The predicted molar refractivity (Wildman–Crippen MR) is 128 cm³/mol. The minimum Gasteiger partial charge on any atom is -0.355 e. The molecule has 0 spiro atoms. The highest BCUT2D eigenvalue weighted by Crippen LogP contribution is 2.33. The number of aromatic nitrogens is 2. The van der Waals surface area contributed by atoms with E-state index in [4.69, 9.17) is 0 Å². The van der Waals surface area contributed by atoms with E-state index in [0.29, 0.717) is 11.9 Å². The first kappa shape index (κ1) is 24.4. The molecule has 0 aromatic carbocycles. The third kappa shape index (κ3) is 6.38. The number of nitrogens with zero attached hydrogens (tertiary/aromatic N) is 3. The molecule has 0 unspecified atom stereocenters. The largest absolute Gasteiger partial charge is 0.355 e. The first-order valence-electron chi connectivity index (χ1n) is 11.8. The molecule has 2 amide bonds. The van der Waals surface area contributed by atoms with E-state index in [2.05, 4.69) is 34.4 Å². The number of carbonyl (C=O) groups is 2. The summed E-state index contributed by atoms with van der Waals surface area (Å²) < 4.78 is 1.37. The lowest BCUT2D eigenvalue weighted by atomic mass is 9.97. The lowest BCUT2D eigenvalue weighted by Gasteiger charge is -2.20. The van der Waals surface area contributed by atoms with Crippen molar-refractivity contribution in [3.63, 3.8) is 0 Å². The van der Waals surface area contributed by atoms with E-state index in [1.165, 1.54) is 15.8 Å². The summed E-state index contributed by atoms with van der Waals surface area (Å²) in [5.74, 6) is -0.371. The Morgan fingerprint density at radius 2 is 1.91 bits per heavy atom. The normalized spacial score (nSPS) is 13.3. The van der Waals surface area contributed by atoms with Gasteiger partial charge >= 0.3 is 0 Å². The average molecular weight is 462 g/mol. The van der Waals surface area contributed by atoms with Crippen LogP contribution in [0.4, 0.5) is 0 Å². The number of likely N-dealkylation sites (N-methyl/N-ethyl adjacent to an activating group) is 1.